The summed E-state index contributed by atoms with van der Waals surface area (Å²) < 4.78 is 31.0. The van der Waals surface area contributed by atoms with E-state index in [1.54, 1.807) is 0 Å². The van der Waals surface area contributed by atoms with Crippen molar-refractivity contribution in [2.45, 2.75) is 10.3 Å². The second-order valence-corrected chi connectivity index (χ2v) is 8.39. The van der Waals surface area contributed by atoms with Crippen LogP contribution in [0.4, 0.5) is 5.69 Å². The number of nitro groups is 1. The van der Waals surface area contributed by atoms with Crippen molar-refractivity contribution < 1.29 is 18.1 Å². The summed E-state index contributed by atoms with van der Waals surface area (Å²) in [5, 5.41) is 13.8. The summed E-state index contributed by atoms with van der Waals surface area (Å²) in [6.45, 7) is 1.98. The van der Waals surface area contributed by atoms with Gasteiger partial charge < -0.3 is 10.1 Å². The highest BCUT2D eigenvalue weighted by atomic mass is 35.5. The van der Waals surface area contributed by atoms with Crippen LogP contribution in [0.2, 0.25) is 4.34 Å². The van der Waals surface area contributed by atoms with Crippen molar-refractivity contribution in [3.8, 4) is 0 Å². The highest BCUT2D eigenvalue weighted by Crippen LogP contribution is 2.37. The molecular weight excluding hydrogens is 342 g/mol. The molecule has 1 aromatic heterocycles. The second kappa shape index (κ2) is 6.55. The zero-order valence-corrected chi connectivity index (χ0v) is 13.5. The Morgan fingerprint density at radius 3 is 2.90 bits per heavy atom. The summed E-state index contributed by atoms with van der Waals surface area (Å²) in [6.07, 6.45) is -0.246. The lowest BCUT2D eigenvalue weighted by Crippen LogP contribution is -2.45. The lowest BCUT2D eigenvalue weighted by Gasteiger charge is -2.27. The summed E-state index contributed by atoms with van der Waals surface area (Å²) in [5.41, 5.74) is -0.399. The van der Waals surface area contributed by atoms with E-state index in [-0.39, 0.29) is 21.2 Å². The average Bonchev–Trinajstić information content (AvgIpc) is 2.82. The van der Waals surface area contributed by atoms with Crippen LogP contribution >= 0.6 is 22.9 Å². The van der Waals surface area contributed by atoms with E-state index in [1.807, 2.05) is 0 Å². The topological polar surface area (TPSA) is 102 Å². The number of halogens is 1. The Hall–Kier alpha value is -0.780. The van der Waals surface area contributed by atoms with E-state index < -0.39 is 20.6 Å². The number of hydrogen-bond donors (Lipinski definition) is 1. The van der Waals surface area contributed by atoms with Crippen molar-refractivity contribution in [3.05, 3.63) is 20.5 Å². The van der Waals surface area contributed by atoms with E-state index in [2.05, 4.69) is 5.32 Å². The first kappa shape index (κ1) is 16.6. The minimum atomic E-state index is -3.82. The van der Waals surface area contributed by atoms with Crippen LogP contribution in [0.15, 0.2) is 10.3 Å². The van der Waals surface area contributed by atoms with E-state index >= 15 is 0 Å². The highest BCUT2D eigenvalue weighted by molar-refractivity contribution is 7.91. The Morgan fingerprint density at radius 1 is 1.67 bits per heavy atom. The summed E-state index contributed by atoms with van der Waals surface area (Å²) in [6, 6.07) is 0.985. The van der Waals surface area contributed by atoms with E-state index in [0.29, 0.717) is 24.5 Å². The summed E-state index contributed by atoms with van der Waals surface area (Å²) in [5.74, 6) is 0. The van der Waals surface area contributed by atoms with Crippen LogP contribution in [0.5, 0.6) is 0 Å². The van der Waals surface area contributed by atoms with Crippen LogP contribution in [-0.4, -0.2) is 57.0 Å². The van der Waals surface area contributed by atoms with Gasteiger partial charge in [-0.15, -0.1) is 11.3 Å². The zero-order chi connectivity index (χ0) is 15.6. The van der Waals surface area contributed by atoms with Crippen LogP contribution in [0.1, 0.15) is 0 Å². The molecule has 1 atom stereocenters. The lowest BCUT2D eigenvalue weighted by atomic mass is 10.3. The van der Waals surface area contributed by atoms with E-state index in [9.17, 15) is 18.5 Å². The number of hydrogen-bond acceptors (Lipinski definition) is 7. The normalized spacial score (nSPS) is 19.9. The fraction of sp³-hybridized carbons (Fsp3) is 0.600. The number of thiophene rings is 1. The largest absolute Gasteiger partial charge is 0.374 e. The quantitative estimate of drug-likeness (QED) is 0.622. The molecule has 2 rings (SSSR count). The summed E-state index contributed by atoms with van der Waals surface area (Å²) >= 11 is 6.38. The first-order valence-electron chi connectivity index (χ1n) is 6.04. The molecule has 1 fully saturated rings. The highest BCUT2D eigenvalue weighted by Gasteiger charge is 2.30. The average molecular weight is 356 g/mol. The standard InChI is InChI=1S/C10H14ClN3O5S2/c1-13(6-7-5-12-2-3-19-7)21(17,18)9-4-8(14(15)16)10(11)20-9/h4,7,12H,2-3,5-6H2,1H3. The molecule has 118 valence electrons. The van der Waals surface area contributed by atoms with Gasteiger partial charge in [0.05, 0.1) is 17.6 Å². The minimum absolute atomic E-state index is 0.148. The molecule has 1 aliphatic heterocycles. The summed E-state index contributed by atoms with van der Waals surface area (Å²) in [7, 11) is -2.41. The first-order valence-corrected chi connectivity index (χ1v) is 8.68. The number of likely N-dealkylation sites (N-methyl/N-ethyl adjacent to an activating group) is 1. The van der Waals surface area contributed by atoms with Gasteiger partial charge >= 0.3 is 0 Å². The van der Waals surface area contributed by atoms with Crippen molar-refractivity contribution in [2.24, 2.45) is 0 Å². The van der Waals surface area contributed by atoms with Gasteiger partial charge in [0.15, 0.2) is 4.34 Å². The van der Waals surface area contributed by atoms with Crippen LogP contribution in [0.25, 0.3) is 0 Å². The monoisotopic (exact) mass is 355 g/mol. The number of rotatable bonds is 5. The predicted molar refractivity (Wildman–Crippen MR) is 78.4 cm³/mol. The maximum Gasteiger partial charge on any atom is 0.300 e. The molecule has 1 N–H and O–H groups in total. The van der Waals surface area contributed by atoms with Gasteiger partial charge in [0.1, 0.15) is 4.21 Å². The van der Waals surface area contributed by atoms with Gasteiger partial charge in [-0.3, -0.25) is 10.1 Å². The predicted octanol–water partition coefficient (Wildman–Crippen LogP) is 0.919. The molecule has 1 aromatic rings. The van der Waals surface area contributed by atoms with Crippen molar-refractivity contribution in [1.82, 2.24) is 9.62 Å². The van der Waals surface area contributed by atoms with Gasteiger partial charge in [0.25, 0.3) is 15.7 Å². The maximum absolute atomic E-state index is 12.4. The van der Waals surface area contributed by atoms with Crippen LogP contribution < -0.4 is 5.32 Å². The molecule has 8 nitrogen and oxygen atoms in total. The molecule has 11 heteroatoms. The van der Waals surface area contributed by atoms with Gasteiger partial charge in [-0.05, 0) is 0 Å². The number of morpholine rings is 1. The molecule has 0 bridgehead atoms. The van der Waals surface area contributed by atoms with Gasteiger partial charge in [-0.2, -0.15) is 4.31 Å². The lowest BCUT2D eigenvalue weighted by molar-refractivity contribution is -0.384. The Kier molecular flexibility index (Phi) is 5.17. The number of nitrogens with zero attached hydrogens (tertiary/aromatic N) is 2. The van der Waals surface area contributed by atoms with Crippen LogP contribution in [-0.2, 0) is 14.8 Å². The van der Waals surface area contributed by atoms with Crippen molar-refractivity contribution in [3.63, 3.8) is 0 Å². The van der Waals surface area contributed by atoms with E-state index in [0.717, 1.165) is 16.9 Å². The molecule has 0 radical (unpaired) electrons. The third-order valence-corrected chi connectivity index (χ3v) is 6.58. The van der Waals surface area contributed by atoms with E-state index in [4.69, 9.17) is 16.3 Å². The fourth-order valence-electron chi connectivity index (χ4n) is 1.87. The Morgan fingerprint density at radius 2 is 2.38 bits per heavy atom. The smallest absolute Gasteiger partial charge is 0.300 e. The SMILES string of the molecule is CN(CC1CNCCO1)S(=O)(=O)c1cc([N+](=O)[O-])c(Cl)s1. The van der Waals surface area contributed by atoms with Gasteiger partial charge in [-0.1, -0.05) is 11.6 Å². The number of ether oxygens (including phenoxy) is 1. The van der Waals surface area contributed by atoms with Crippen molar-refractivity contribution in [1.29, 1.82) is 0 Å². The van der Waals surface area contributed by atoms with E-state index in [1.165, 1.54) is 7.05 Å². The third-order valence-electron chi connectivity index (χ3n) is 2.97. The molecule has 21 heavy (non-hydrogen) atoms. The third kappa shape index (κ3) is 3.71. The molecule has 0 amide bonds. The molecule has 0 aromatic carbocycles. The molecule has 0 aliphatic carbocycles. The van der Waals surface area contributed by atoms with Gasteiger partial charge in [-0.25, -0.2) is 8.42 Å². The van der Waals surface area contributed by atoms with Crippen molar-refractivity contribution in [2.75, 3.05) is 33.3 Å². The zero-order valence-electron chi connectivity index (χ0n) is 11.1. The number of sulfonamides is 1. The van der Waals surface area contributed by atoms with Gasteiger partial charge in [0.2, 0.25) is 0 Å². The molecular formula is C10H14ClN3O5S2. The van der Waals surface area contributed by atoms with Crippen LogP contribution in [0.3, 0.4) is 0 Å². The molecule has 0 spiro atoms. The molecule has 1 unspecified atom stereocenters. The second-order valence-electron chi connectivity index (χ2n) is 4.46. The molecule has 0 saturated carbocycles. The van der Waals surface area contributed by atoms with Crippen molar-refractivity contribution >= 4 is 38.6 Å². The minimum Gasteiger partial charge on any atom is -0.374 e. The molecule has 1 saturated heterocycles. The summed E-state index contributed by atoms with van der Waals surface area (Å²) in [4.78, 5) is 10.0. The number of nitrogens with one attached hydrogen (secondary N) is 1. The Bertz CT molecular complexity index is 627. The molecule has 1 aliphatic rings. The Balaban J connectivity index is 2.16. The van der Waals surface area contributed by atoms with Crippen LogP contribution in [0, 0.1) is 10.1 Å². The first-order chi connectivity index (χ1) is 9.82. The molecule has 2 heterocycles. The van der Waals surface area contributed by atoms with Gasteiger partial charge in [0, 0.05) is 32.7 Å². The Labute approximate surface area is 130 Å². The fourth-order valence-corrected chi connectivity index (χ4v) is 4.94. The maximum atomic E-state index is 12.4.